The molecule has 138 valence electrons. The van der Waals surface area contributed by atoms with Gasteiger partial charge in [0.2, 0.25) is 0 Å². The van der Waals surface area contributed by atoms with Gasteiger partial charge in [-0.2, -0.15) is 0 Å². The van der Waals surface area contributed by atoms with Crippen molar-refractivity contribution in [2.75, 3.05) is 13.1 Å². The summed E-state index contributed by atoms with van der Waals surface area (Å²) in [5.41, 5.74) is 0.792. The summed E-state index contributed by atoms with van der Waals surface area (Å²) in [7, 11) is 0. The van der Waals surface area contributed by atoms with Gasteiger partial charge in [0.15, 0.2) is 0 Å². The second-order valence-corrected chi connectivity index (χ2v) is 6.65. The van der Waals surface area contributed by atoms with E-state index in [1.807, 2.05) is 6.92 Å². The van der Waals surface area contributed by atoms with E-state index in [1.165, 1.54) is 4.90 Å². The largest absolute Gasteiger partial charge is 0.480 e. The number of hydrogen-bond acceptors (Lipinski definition) is 4. The van der Waals surface area contributed by atoms with Crippen LogP contribution in [0.2, 0.25) is 0 Å². The highest BCUT2D eigenvalue weighted by Gasteiger charge is 2.20. The molecule has 26 heavy (non-hydrogen) atoms. The lowest BCUT2D eigenvalue weighted by Gasteiger charge is -2.20. The maximum Gasteiger partial charge on any atom is 0.323 e. The van der Waals surface area contributed by atoms with Gasteiger partial charge in [-0.3, -0.25) is 19.0 Å². The molecule has 2 heterocycles. The smallest absolute Gasteiger partial charge is 0.323 e. The fourth-order valence-electron chi connectivity index (χ4n) is 3.42. The Morgan fingerprint density at radius 3 is 2.81 bits per heavy atom. The summed E-state index contributed by atoms with van der Waals surface area (Å²) in [6.45, 7) is 2.59. The van der Waals surface area contributed by atoms with Gasteiger partial charge in [-0.05, 0) is 37.5 Å². The first-order chi connectivity index (χ1) is 12.5. The molecule has 0 fully saturated rings. The molecule has 0 spiro atoms. The van der Waals surface area contributed by atoms with Crippen LogP contribution >= 0.6 is 0 Å². The van der Waals surface area contributed by atoms with Gasteiger partial charge >= 0.3 is 5.97 Å². The van der Waals surface area contributed by atoms with Crippen molar-refractivity contribution < 1.29 is 14.7 Å². The Balaban J connectivity index is 2.02. The molecule has 0 unspecified atom stereocenters. The maximum atomic E-state index is 12.7. The normalized spacial score (nSPS) is 13.9. The predicted molar refractivity (Wildman–Crippen MR) is 97.4 cm³/mol. The number of carbonyl (C=O) groups excluding carboxylic acids is 1. The topological polar surface area (TPSA) is 92.5 Å². The number of benzene rings is 1. The molecule has 0 radical (unpaired) electrons. The van der Waals surface area contributed by atoms with Crippen molar-refractivity contribution in [1.82, 2.24) is 14.5 Å². The number of amides is 1. The lowest BCUT2D eigenvalue weighted by Crippen LogP contribution is -2.36. The lowest BCUT2D eigenvalue weighted by molar-refractivity contribution is -0.137. The molecule has 1 aromatic heterocycles. The van der Waals surface area contributed by atoms with Crippen LogP contribution in [-0.4, -0.2) is 44.5 Å². The molecule has 1 aliphatic rings. The minimum Gasteiger partial charge on any atom is -0.480 e. The van der Waals surface area contributed by atoms with Crippen molar-refractivity contribution in [3.8, 4) is 0 Å². The minimum atomic E-state index is -1.05. The third-order valence-corrected chi connectivity index (χ3v) is 4.67. The van der Waals surface area contributed by atoms with E-state index in [2.05, 4.69) is 4.98 Å². The number of rotatable bonds is 5. The standard InChI is InChI=1S/C19H23N3O4/c1-2-9-21(12-17(23)24)18(25)13-7-8-14-15(11-13)20-16-6-4-3-5-10-22(16)19(14)26/h7-8,11H,2-6,9-10,12H2,1H3,(H,23,24). The van der Waals surface area contributed by atoms with Crippen molar-refractivity contribution in [1.29, 1.82) is 0 Å². The molecule has 2 aromatic rings. The number of carboxylic acids is 1. The van der Waals surface area contributed by atoms with Crippen LogP contribution in [0, 0.1) is 0 Å². The van der Waals surface area contributed by atoms with E-state index in [1.54, 1.807) is 22.8 Å². The van der Waals surface area contributed by atoms with E-state index in [4.69, 9.17) is 5.11 Å². The predicted octanol–water partition coefficient (Wildman–Crippen LogP) is 2.06. The lowest BCUT2D eigenvalue weighted by atomic mass is 10.1. The molecule has 1 N–H and O–H groups in total. The second-order valence-electron chi connectivity index (χ2n) is 6.65. The number of nitrogens with zero attached hydrogens (tertiary/aromatic N) is 3. The van der Waals surface area contributed by atoms with E-state index in [-0.39, 0.29) is 18.0 Å². The first kappa shape index (κ1) is 18.1. The number of carboxylic acid groups (broad SMARTS) is 1. The summed E-state index contributed by atoms with van der Waals surface area (Å²) in [4.78, 5) is 42.4. The molecule has 1 amide bonds. The van der Waals surface area contributed by atoms with Crippen molar-refractivity contribution in [2.45, 2.75) is 45.6 Å². The molecule has 0 saturated carbocycles. The van der Waals surface area contributed by atoms with Crippen LogP contribution in [0.1, 0.15) is 48.8 Å². The van der Waals surface area contributed by atoms with Gasteiger partial charge in [0.05, 0.1) is 10.9 Å². The zero-order valence-corrected chi connectivity index (χ0v) is 14.9. The summed E-state index contributed by atoms with van der Waals surface area (Å²) in [5, 5.41) is 9.52. The summed E-state index contributed by atoms with van der Waals surface area (Å²) in [5.74, 6) is -0.636. The number of aryl methyl sites for hydroxylation is 1. The molecule has 0 atom stereocenters. The molecule has 3 rings (SSSR count). The number of aromatic nitrogens is 2. The Bertz CT molecular complexity index is 904. The summed E-state index contributed by atoms with van der Waals surface area (Å²) in [6, 6.07) is 4.82. The number of carbonyl (C=O) groups is 2. The fourth-order valence-corrected chi connectivity index (χ4v) is 3.42. The fraction of sp³-hybridized carbons (Fsp3) is 0.474. The molecule has 0 bridgehead atoms. The molecule has 0 saturated heterocycles. The molecule has 1 aliphatic heterocycles. The quantitative estimate of drug-likeness (QED) is 0.884. The molecule has 0 aliphatic carbocycles. The van der Waals surface area contributed by atoms with Crippen molar-refractivity contribution >= 4 is 22.8 Å². The first-order valence-electron chi connectivity index (χ1n) is 9.05. The molecule has 7 nitrogen and oxygen atoms in total. The minimum absolute atomic E-state index is 0.0677. The second kappa shape index (κ2) is 7.68. The van der Waals surface area contributed by atoms with Crippen molar-refractivity contribution in [3.05, 3.63) is 39.9 Å². The Morgan fingerprint density at radius 1 is 1.27 bits per heavy atom. The van der Waals surface area contributed by atoms with E-state index in [0.29, 0.717) is 36.0 Å². The number of aliphatic carboxylic acids is 1. The monoisotopic (exact) mass is 357 g/mol. The van der Waals surface area contributed by atoms with Crippen LogP contribution in [0.25, 0.3) is 10.9 Å². The summed E-state index contributed by atoms with van der Waals surface area (Å²) in [6.07, 6.45) is 4.46. The van der Waals surface area contributed by atoms with E-state index in [0.717, 1.165) is 31.5 Å². The van der Waals surface area contributed by atoms with Gasteiger partial charge in [0.25, 0.3) is 11.5 Å². The molecule has 1 aromatic carbocycles. The SMILES string of the molecule is CCCN(CC(=O)O)C(=O)c1ccc2c(=O)n3c(nc2c1)CCCCC3. The Hall–Kier alpha value is -2.70. The molecular weight excluding hydrogens is 334 g/mol. The number of fused-ring (bicyclic) bond motifs is 2. The highest BCUT2D eigenvalue weighted by molar-refractivity contribution is 5.98. The zero-order chi connectivity index (χ0) is 18.7. The van der Waals surface area contributed by atoms with E-state index < -0.39 is 5.97 Å². The number of hydrogen-bond donors (Lipinski definition) is 1. The van der Waals surface area contributed by atoms with Gasteiger partial charge in [0.1, 0.15) is 12.4 Å². The van der Waals surface area contributed by atoms with Crippen LogP contribution < -0.4 is 5.56 Å². The average molecular weight is 357 g/mol. The van der Waals surface area contributed by atoms with Crippen molar-refractivity contribution in [2.24, 2.45) is 0 Å². The van der Waals surface area contributed by atoms with Gasteiger partial charge in [-0.25, -0.2) is 4.98 Å². The van der Waals surface area contributed by atoms with Crippen LogP contribution in [0.5, 0.6) is 0 Å². The third kappa shape index (κ3) is 3.61. The van der Waals surface area contributed by atoms with Gasteiger partial charge in [-0.15, -0.1) is 0 Å². The third-order valence-electron chi connectivity index (χ3n) is 4.67. The zero-order valence-electron chi connectivity index (χ0n) is 14.9. The van der Waals surface area contributed by atoms with Crippen LogP contribution in [0.4, 0.5) is 0 Å². The van der Waals surface area contributed by atoms with Crippen LogP contribution in [-0.2, 0) is 17.8 Å². The maximum absolute atomic E-state index is 12.7. The Kier molecular flexibility index (Phi) is 5.35. The van der Waals surface area contributed by atoms with Gasteiger partial charge < -0.3 is 10.0 Å². The summed E-state index contributed by atoms with van der Waals surface area (Å²) < 4.78 is 1.74. The van der Waals surface area contributed by atoms with Crippen LogP contribution in [0.15, 0.2) is 23.0 Å². The van der Waals surface area contributed by atoms with Gasteiger partial charge in [-0.1, -0.05) is 13.3 Å². The first-order valence-corrected chi connectivity index (χ1v) is 9.05. The molecule has 7 heteroatoms. The molecular formula is C19H23N3O4. The Morgan fingerprint density at radius 2 is 2.08 bits per heavy atom. The highest BCUT2D eigenvalue weighted by atomic mass is 16.4. The summed E-state index contributed by atoms with van der Waals surface area (Å²) >= 11 is 0. The Labute approximate surface area is 151 Å². The average Bonchev–Trinajstić information content (AvgIpc) is 2.86. The van der Waals surface area contributed by atoms with Gasteiger partial charge in [0, 0.05) is 25.1 Å². The van der Waals surface area contributed by atoms with Crippen molar-refractivity contribution in [3.63, 3.8) is 0 Å². The van der Waals surface area contributed by atoms with E-state index >= 15 is 0 Å². The highest BCUT2D eigenvalue weighted by Crippen LogP contribution is 2.17. The van der Waals surface area contributed by atoms with E-state index in [9.17, 15) is 14.4 Å². The van der Waals surface area contributed by atoms with Crippen LogP contribution in [0.3, 0.4) is 0 Å².